The van der Waals surface area contributed by atoms with Gasteiger partial charge in [-0.3, -0.25) is 4.52 Å². The molecule has 38 heavy (non-hydrogen) atoms. The lowest BCUT2D eigenvalue weighted by Crippen LogP contribution is -2.42. The number of aryl methyl sites for hydroxylation is 1. The molecule has 0 spiro atoms. The first-order chi connectivity index (χ1) is 18.1. The van der Waals surface area contributed by atoms with Crippen molar-refractivity contribution in [2.75, 3.05) is 27.7 Å². The summed E-state index contributed by atoms with van der Waals surface area (Å²) >= 11 is 0. The highest BCUT2D eigenvalue weighted by atomic mass is 31.2. The molecule has 0 fully saturated rings. The lowest BCUT2D eigenvalue weighted by molar-refractivity contribution is -0.873. The molecule has 0 saturated carbocycles. The fourth-order valence-electron chi connectivity index (χ4n) is 4.94. The van der Waals surface area contributed by atoms with Gasteiger partial charge in [0.1, 0.15) is 12.6 Å². The maximum atomic E-state index is 11.2. The van der Waals surface area contributed by atoms with Crippen LogP contribution >= 0.6 is 7.82 Å². The number of hydrogen-bond donors (Lipinski definition) is 2. The van der Waals surface area contributed by atoms with E-state index in [2.05, 4.69) is 22.2 Å². The molecule has 1 rings (SSSR count). The lowest BCUT2D eigenvalue weighted by atomic mass is 10.0. The molecule has 0 aliphatic heterocycles. The second kappa shape index (κ2) is 20.5. The van der Waals surface area contributed by atoms with E-state index in [0.717, 1.165) is 19.3 Å². The van der Waals surface area contributed by atoms with Crippen molar-refractivity contribution < 1.29 is 23.4 Å². The van der Waals surface area contributed by atoms with E-state index in [1.165, 1.54) is 95.5 Å². The molecule has 0 aliphatic rings. The molecular weight excluding hydrogens is 499 g/mol. The van der Waals surface area contributed by atoms with Crippen LogP contribution in [0.3, 0.4) is 0 Å². The Morgan fingerprint density at radius 1 is 0.789 bits per heavy atom. The summed E-state index contributed by atoms with van der Waals surface area (Å²) in [6, 6.07) is 7.89. The Hall–Kier alpha value is -1.40. The van der Waals surface area contributed by atoms with Crippen LogP contribution in [-0.4, -0.2) is 48.1 Å². The van der Waals surface area contributed by atoms with E-state index in [0.29, 0.717) is 23.1 Å². The van der Waals surface area contributed by atoms with Crippen molar-refractivity contribution in [1.82, 2.24) is 0 Å². The highest BCUT2D eigenvalue weighted by Gasteiger charge is 2.26. The van der Waals surface area contributed by atoms with Crippen LogP contribution in [0.1, 0.15) is 115 Å². The van der Waals surface area contributed by atoms with Gasteiger partial charge in [0.05, 0.1) is 21.1 Å². The van der Waals surface area contributed by atoms with Crippen LogP contribution in [0.5, 0.6) is 0 Å². The molecule has 9 heteroatoms. The van der Waals surface area contributed by atoms with Crippen LogP contribution in [0.4, 0.5) is 5.69 Å². The van der Waals surface area contributed by atoms with Gasteiger partial charge in [-0.05, 0) is 30.4 Å². The normalized spacial score (nSPS) is 12.9. The van der Waals surface area contributed by atoms with Crippen molar-refractivity contribution in [3.05, 3.63) is 40.3 Å². The molecule has 0 bridgehead atoms. The van der Waals surface area contributed by atoms with Crippen molar-refractivity contribution in [3.8, 4) is 0 Å². The van der Waals surface area contributed by atoms with Gasteiger partial charge >= 0.3 is 7.82 Å². The standard InChI is InChI=1S/C29H53N4O4P/c1-33(2,3)26-29(37-38(34,35)36)21-19-17-15-13-11-9-7-5-4-6-8-10-12-14-16-18-20-27-22-24-28(25-23-27)31-32-30/h22-25,29H,4-21,26H2,1-3H3,(H-,34,35,36)/p+1. The first kappa shape index (κ1) is 34.6. The molecule has 1 unspecified atom stereocenters. The summed E-state index contributed by atoms with van der Waals surface area (Å²) in [6.45, 7) is 0.601. The highest BCUT2D eigenvalue weighted by molar-refractivity contribution is 7.46. The number of rotatable bonds is 24. The van der Waals surface area contributed by atoms with Gasteiger partial charge in [-0.25, -0.2) is 4.57 Å². The fourth-order valence-corrected chi connectivity index (χ4v) is 5.50. The molecule has 0 radical (unpaired) electrons. The van der Waals surface area contributed by atoms with E-state index in [1.807, 2.05) is 33.3 Å². The number of hydrogen-bond acceptors (Lipinski definition) is 3. The molecule has 1 aromatic carbocycles. The van der Waals surface area contributed by atoms with Gasteiger partial charge < -0.3 is 14.3 Å². The second-order valence-corrected chi connectivity index (χ2v) is 12.9. The second-order valence-electron chi connectivity index (χ2n) is 11.7. The SMILES string of the molecule is C[N+](C)(C)CC(CCCCCCCCCCCCCCCCCCc1ccc(N=[N+]=[N-])cc1)OP(=O)(O)O. The molecule has 0 amide bonds. The van der Waals surface area contributed by atoms with E-state index in [4.69, 9.17) is 19.8 Å². The van der Waals surface area contributed by atoms with Crippen molar-refractivity contribution in [1.29, 1.82) is 0 Å². The molecule has 0 aliphatic carbocycles. The predicted molar refractivity (Wildman–Crippen MR) is 157 cm³/mol. The van der Waals surface area contributed by atoms with E-state index in [1.54, 1.807) is 0 Å². The minimum atomic E-state index is -4.43. The van der Waals surface area contributed by atoms with E-state index in [9.17, 15) is 4.57 Å². The summed E-state index contributed by atoms with van der Waals surface area (Å²) in [6.07, 6.45) is 21.8. The zero-order valence-corrected chi connectivity index (χ0v) is 25.2. The van der Waals surface area contributed by atoms with Crippen molar-refractivity contribution in [2.45, 2.75) is 122 Å². The molecule has 0 heterocycles. The average Bonchev–Trinajstić information content (AvgIpc) is 2.82. The van der Waals surface area contributed by atoms with Gasteiger partial charge in [-0.1, -0.05) is 126 Å². The molecule has 8 nitrogen and oxygen atoms in total. The highest BCUT2D eigenvalue weighted by Crippen LogP contribution is 2.39. The predicted octanol–water partition coefficient (Wildman–Crippen LogP) is 8.99. The zero-order chi connectivity index (χ0) is 28.1. The van der Waals surface area contributed by atoms with Crippen LogP contribution in [0.2, 0.25) is 0 Å². The first-order valence-electron chi connectivity index (χ1n) is 14.8. The maximum Gasteiger partial charge on any atom is 0.470 e. The number of benzene rings is 1. The number of phosphoric ester groups is 1. The Labute approximate surface area is 231 Å². The summed E-state index contributed by atoms with van der Waals surface area (Å²) in [5.41, 5.74) is 10.4. The number of nitrogens with zero attached hydrogens (tertiary/aromatic N) is 4. The molecule has 0 aromatic heterocycles. The number of likely N-dealkylation sites (N-methyl/N-ethyl adjacent to an activating group) is 1. The van der Waals surface area contributed by atoms with Gasteiger partial charge in [-0.15, -0.1) is 0 Å². The topological polar surface area (TPSA) is 116 Å². The molecule has 2 N–H and O–H groups in total. The number of unbranched alkanes of at least 4 members (excludes halogenated alkanes) is 15. The zero-order valence-electron chi connectivity index (χ0n) is 24.3. The van der Waals surface area contributed by atoms with Crippen LogP contribution in [-0.2, 0) is 15.5 Å². The van der Waals surface area contributed by atoms with Gasteiger partial charge in [0.25, 0.3) is 0 Å². The smallest absolute Gasteiger partial charge is 0.329 e. The summed E-state index contributed by atoms with van der Waals surface area (Å²) < 4.78 is 16.9. The van der Waals surface area contributed by atoms with Crippen molar-refractivity contribution in [3.63, 3.8) is 0 Å². The van der Waals surface area contributed by atoms with Crippen LogP contribution < -0.4 is 0 Å². The Morgan fingerprint density at radius 2 is 1.21 bits per heavy atom. The summed E-state index contributed by atoms with van der Waals surface area (Å²) in [5, 5.41) is 3.61. The molecule has 0 saturated heterocycles. The Morgan fingerprint density at radius 3 is 1.61 bits per heavy atom. The van der Waals surface area contributed by atoms with Gasteiger partial charge in [-0.2, -0.15) is 0 Å². The minimum absolute atomic E-state index is 0.391. The van der Waals surface area contributed by atoms with E-state index >= 15 is 0 Å². The summed E-state index contributed by atoms with van der Waals surface area (Å²) in [5.74, 6) is 0. The first-order valence-corrected chi connectivity index (χ1v) is 16.3. The van der Waals surface area contributed by atoms with Crippen molar-refractivity contribution in [2.24, 2.45) is 5.11 Å². The van der Waals surface area contributed by atoms with Crippen molar-refractivity contribution >= 4 is 13.5 Å². The third-order valence-electron chi connectivity index (χ3n) is 6.88. The number of quaternary nitrogens is 1. The minimum Gasteiger partial charge on any atom is -0.329 e. The number of phosphoric acid groups is 1. The molecule has 1 aromatic rings. The summed E-state index contributed by atoms with van der Waals surface area (Å²) in [7, 11) is 1.60. The third kappa shape index (κ3) is 21.5. The monoisotopic (exact) mass is 553 g/mol. The van der Waals surface area contributed by atoms with Gasteiger partial charge in [0.2, 0.25) is 0 Å². The van der Waals surface area contributed by atoms with Gasteiger partial charge in [0.15, 0.2) is 0 Å². The van der Waals surface area contributed by atoms with E-state index in [-0.39, 0.29) is 0 Å². The summed E-state index contributed by atoms with van der Waals surface area (Å²) in [4.78, 5) is 21.1. The number of azide groups is 1. The third-order valence-corrected chi connectivity index (χ3v) is 7.45. The molecular formula is C29H54N4O4P+. The Balaban J connectivity index is 1.87. The Kier molecular flexibility index (Phi) is 18.7. The average molecular weight is 554 g/mol. The van der Waals surface area contributed by atoms with Crippen LogP contribution in [0, 0.1) is 0 Å². The van der Waals surface area contributed by atoms with Gasteiger partial charge in [0, 0.05) is 10.6 Å². The quantitative estimate of drug-likeness (QED) is 0.0332. The van der Waals surface area contributed by atoms with Crippen LogP contribution in [0.15, 0.2) is 29.4 Å². The fraction of sp³-hybridized carbons (Fsp3) is 0.793. The lowest BCUT2D eigenvalue weighted by Gasteiger charge is -2.29. The molecule has 218 valence electrons. The Bertz CT molecular complexity index is 817. The van der Waals surface area contributed by atoms with Crippen LogP contribution in [0.25, 0.3) is 10.4 Å². The maximum absolute atomic E-state index is 11.2. The molecule has 1 atom stereocenters. The largest absolute Gasteiger partial charge is 0.470 e. The van der Waals surface area contributed by atoms with E-state index < -0.39 is 13.9 Å².